The molecule has 0 bridgehead atoms. The molecular formula is C13H14F4N2O. The number of rotatable bonds is 4. The number of nitrogens with one attached hydrogen (secondary N) is 2. The summed E-state index contributed by atoms with van der Waals surface area (Å²) in [6.45, 7) is 1.54. The molecule has 1 atom stereocenters. The van der Waals surface area contributed by atoms with Crippen molar-refractivity contribution in [3.05, 3.63) is 29.6 Å². The van der Waals surface area contributed by atoms with Gasteiger partial charge in [0.25, 0.3) is 0 Å². The normalized spacial score (nSPS) is 16.6. The molecule has 1 aliphatic carbocycles. The quantitative estimate of drug-likeness (QED) is 0.837. The Morgan fingerprint density at radius 2 is 2.00 bits per heavy atom. The van der Waals surface area contributed by atoms with E-state index in [9.17, 15) is 22.4 Å². The van der Waals surface area contributed by atoms with Crippen LogP contribution in [0.25, 0.3) is 0 Å². The van der Waals surface area contributed by atoms with Crippen molar-refractivity contribution < 1.29 is 22.4 Å². The summed E-state index contributed by atoms with van der Waals surface area (Å²) >= 11 is 0. The van der Waals surface area contributed by atoms with Crippen molar-refractivity contribution in [2.45, 2.75) is 38.0 Å². The molecule has 2 rings (SSSR count). The Labute approximate surface area is 113 Å². The molecule has 1 aromatic carbocycles. The molecule has 1 aliphatic rings. The lowest BCUT2D eigenvalue weighted by molar-refractivity contribution is -0.139. The minimum Gasteiger partial charge on any atom is -0.374 e. The first-order valence-corrected chi connectivity index (χ1v) is 6.21. The van der Waals surface area contributed by atoms with Crippen LogP contribution in [0.2, 0.25) is 0 Å². The highest BCUT2D eigenvalue weighted by Crippen LogP contribution is 2.33. The highest BCUT2D eigenvalue weighted by molar-refractivity contribution is 5.84. The van der Waals surface area contributed by atoms with E-state index in [1.165, 1.54) is 13.0 Å². The van der Waals surface area contributed by atoms with Gasteiger partial charge in [0.2, 0.25) is 5.91 Å². The monoisotopic (exact) mass is 290 g/mol. The minimum atomic E-state index is -4.76. The molecule has 0 aliphatic heterocycles. The maximum Gasteiger partial charge on any atom is 0.419 e. The molecule has 0 heterocycles. The third-order valence-electron chi connectivity index (χ3n) is 2.97. The molecule has 0 aromatic heterocycles. The maximum absolute atomic E-state index is 13.1. The lowest BCUT2D eigenvalue weighted by Crippen LogP contribution is -2.38. The number of halogens is 4. The fourth-order valence-corrected chi connectivity index (χ4v) is 1.70. The number of hydrogen-bond acceptors (Lipinski definition) is 2. The van der Waals surface area contributed by atoms with Gasteiger partial charge in [-0.3, -0.25) is 4.79 Å². The van der Waals surface area contributed by atoms with E-state index >= 15 is 0 Å². The summed E-state index contributed by atoms with van der Waals surface area (Å²) in [5, 5.41) is 5.37. The van der Waals surface area contributed by atoms with Gasteiger partial charge in [-0.2, -0.15) is 13.2 Å². The first-order valence-electron chi connectivity index (χ1n) is 6.21. The van der Waals surface area contributed by atoms with Crippen LogP contribution in [-0.2, 0) is 11.0 Å². The van der Waals surface area contributed by atoms with Gasteiger partial charge in [0, 0.05) is 11.7 Å². The summed E-state index contributed by atoms with van der Waals surface area (Å²) in [7, 11) is 0. The van der Waals surface area contributed by atoms with Gasteiger partial charge >= 0.3 is 6.18 Å². The van der Waals surface area contributed by atoms with Crippen molar-refractivity contribution >= 4 is 11.6 Å². The summed E-state index contributed by atoms with van der Waals surface area (Å²) in [6.07, 6.45) is -2.91. The molecule has 1 fully saturated rings. The van der Waals surface area contributed by atoms with Crippen LogP contribution < -0.4 is 10.6 Å². The zero-order chi connectivity index (χ0) is 14.9. The van der Waals surface area contributed by atoms with Crippen LogP contribution >= 0.6 is 0 Å². The molecule has 7 heteroatoms. The predicted octanol–water partition coefficient (Wildman–Crippen LogP) is 2.92. The van der Waals surface area contributed by atoms with Crippen molar-refractivity contribution in [3.63, 3.8) is 0 Å². The summed E-state index contributed by atoms with van der Waals surface area (Å²) in [5.74, 6) is -1.62. The largest absolute Gasteiger partial charge is 0.419 e. The molecule has 0 spiro atoms. The maximum atomic E-state index is 13.1. The van der Waals surface area contributed by atoms with Crippen LogP contribution in [0, 0.1) is 5.82 Å². The fraction of sp³-hybridized carbons (Fsp3) is 0.462. The fourth-order valence-electron chi connectivity index (χ4n) is 1.70. The molecule has 3 nitrogen and oxygen atoms in total. The van der Waals surface area contributed by atoms with E-state index in [0.717, 1.165) is 18.9 Å². The first-order chi connectivity index (χ1) is 9.27. The Morgan fingerprint density at radius 3 is 2.55 bits per heavy atom. The Bertz CT molecular complexity index is 512. The Balaban J connectivity index is 2.07. The van der Waals surface area contributed by atoms with Crippen LogP contribution in [0.1, 0.15) is 25.3 Å². The number of amides is 1. The number of anilines is 1. The molecule has 0 saturated heterocycles. The molecular weight excluding hydrogens is 276 g/mol. The van der Waals surface area contributed by atoms with Crippen molar-refractivity contribution in [1.82, 2.24) is 5.32 Å². The van der Waals surface area contributed by atoms with Gasteiger partial charge in [-0.05, 0) is 38.0 Å². The zero-order valence-electron chi connectivity index (χ0n) is 10.7. The second-order valence-corrected chi connectivity index (χ2v) is 4.84. The standard InChI is InChI=1S/C13H14F4N2O/c1-7(12(20)19-8-2-3-8)18-9-4-5-11(14)10(6-9)13(15,16)17/h4-8,18H,2-3H2,1H3,(H,19,20). The summed E-state index contributed by atoms with van der Waals surface area (Å²) in [5.41, 5.74) is -1.30. The first kappa shape index (κ1) is 14.6. The molecule has 1 amide bonds. The van der Waals surface area contributed by atoms with Crippen molar-refractivity contribution in [2.75, 3.05) is 5.32 Å². The van der Waals surface area contributed by atoms with Gasteiger partial charge in [0.1, 0.15) is 11.9 Å². The van der Waals surface area contributed by atoms with Gasteiger partial charge in [-0.15, -0.1) is 0 Å². The van der Waals surface area contributed by atoms with Crippen molar-refractivity contribution in [1.29, 1.82) is 0 Å². The molecule has 110 valence electrons. The zero-order valence-corrected chi connectivity index (χ0v) is 10.7. The number of alkyl halides is 3. The van der Waals surface area contributed by atoms with Gasteiger partial charge in [-0.25, -0.2) is 4.39 Å². The topological polar surface area (TPSA) is 41.1 Å². The van der Waals surface area contributed by atoms with Crippen molar-refractivity contribution in [2.24, 2.45) is 0 Å². The van der Waals surface area contributed by atoms with Gasteiger partial charge in [0.05, 0.1) is 5.56 Å². The third kappa shape index (κ3) is 3.61. The van der Waals surface area contributed by atoms with E-state index in [1.54, 1.807) is 0 Å². The van der Waals surface area contributed by atoms with Crippen molar-refractivity contribution in [3.8, 4) is 0 Å². The van der Waals surface area contributed by atoms with Gasteiger partial charge in [-0.1, -0.05) is 0 Å². The average molecular weight is 290 g/mol. The Morgan fingerprint density at radius 1 is 1.35 bits per heavy atom. The molecule has 1 saturated carbocycles. The summed E-state index contributed by atoms with van der Waals surface area (Å²) in [6, 6.07) is 2.05. The Hall–Kier alpha value is -1.79. The summed E-state index contributed by atoms with van der Waals surface area (Å²) < 4.78 is 50.8. The van der Waals surface area contributed by atoms with Gasteiger partial charge in [0.15, 0.2) is 0 Å². The average Bonchev–Trinajstić information content (AvgIpc) is 3.14. The molecule has 0 radical (unpaired) electrons. The Kier molecular flexibility index (Phi) is 3.87. The lowest BCUT2D eigenvalue weighted by atomic mass is 10.1. The highest BCUT2D eigenvalue weighted by atomic mass is 19.4. The van der Waals surface area contributed by atoms with Crippen LogP contribution in [-0.4, -0.2) is 18.0 Å². The highest BCUT2D eigenvalue weighted by Gasteiger charge is 2.34. The van der Waals surface area contributed by atoms with E-state index in [4.69, 9.17) is 0 Å². The molecule has 1 aromatic rings. The van der Waals surface area contributed by atoms with E-state index in [2.05, 4.69) is 10.6 Å². The van der Waals surface area contributed by atoms with E-state index < -0.39 is 23.6 Å². The van der Waals surface area contributed by atoms with Gasteiger partial charge < -0.3 is 10.6 Å². The predicted molar refractivity (Wildman–Crippen MR) is 65.7 cm³/mol. The SMILES string of the molecule is CC(Nc1ccc(F)c(C(F)(F)F)c1)C(=O)NC1CC1. The molecule has 20 heavy (non-hydrogen) atoms. The molecule has 1 unspecified atom stereocenters. The third-order valence-corrected chi connectivity index (χ3v) is 2.97. The number of benzene rings is 1. The molecule has 2 N–H and O–H groups in total. The number of carbonyl (C=O) groups excluding carboxylic acids is 1. The second kappa shape index (κ2) is 5.30. The van der Waals surface area contributed by atoms with E-state index in [-0.39, 0.29) is 17.6 Å². The number of hydrogen-bond donors (Lipinski definition) is 2. The second-order valence-electron chi connectivity index (χ2n) is 4.84. The number of carbonyl (C=O) groups is 1. The summed E-state index contributed by atoms with van der Waals surface area (Å²) in [4.78, 5) is 11.7. The van der Waals surface area contributed by atoms with Crippen LogP contribution in [0.4, 0.5) is 23.2 Å². The van der Waals surface area contributed by atoms with Crippen LogP contribution in [0.5, 0.6) is 0 Å². The minimum absolute atomic E-state index is 0.0529. The van der Waals surface area contributed by atoms with Crippen LogP contribution in [0.3, 0.4) is 0 Å². The lowest BCUT2D eigenvalue weighted by Gasteiger charge is -2.16. The van der Waals surface area contributed by atoms with E-state index in [0.29, 0.717) is 6.07 Å². The van der Waals surface area contributed by atoms with Crippen LogP contribution in [0.15, 0.2) is 18.2 Å². The smallest absolute Gasteiger partial charge is 0.374 e. The van der Waals surface area contributed by atoms with E-state index in [1.807, 2.05) is 0 Å².